The normalized spacial score (nSPS) is 16.0. The van der Waals surface area contributed by atoms with Crippen molar-refractivity contribution in [1.82, 2.24) is 4.90 Å². The second-order valence-corrected chi connectivity index (χ2v) is 6.23. The Hall–Kier alpha value is -2.44. The number of hydrogen-bond acceptors (Lipinski definition) is 6. The number of phenols is 1. The summed E-state index contributed by atoms with van der Waals surface area (Å²) in [7, 11) is 2.94. The first-order valence-electron chi connectivity index (χ1n) is 8.42. The predicted octanol–water partition coefficient (Wildman–Crippen LogP) is 2.63. The van der Waals surface area contributed by atoms with E-state index in [-0.39, 0.29) is 17.4 Å². The maximum Gasteiger partial charge on any atom is 0.219 e. The average molecular weight is 350 g/mol. The first kappa shape index (κ1) is 18.9. The summed E-state index contributed by atoms with van der Waals surface area (Å²) < 4.78 is 10.3. The van der Waals surface area contributed by atoms with Gasteiger partial charge in [-0.3, -0.25) is 4.79 Å². The van der Waals surface area contributed by atoms with Crippen molar-refractivity contribution in [2.75, 3.05) is 27.3 Å². The van der Waals surface area contributed by atoms with E-state index in [1.807, 2.05) is 4.90 Å². The number of benzene rings is 1. The number of methoxy groups -OCH3 is 2. The van der Waals surface area contributed by atoms with Crippen molar-refractivity contribution >= 4 is 11.6 Å². The maximum atomic E-state index is 11.4. The van der Waals surface area contributed by atoms with Gasteiger partial charge in [0.25, 0.3) is 0 Å². The highest BCUT2D eigenvalue weighted by Gasteiger charge is 2.23. The van der Waals surface area contributed by atoms with Crippen molar-refractivity contribution in [2.24, 2.45) is 11.1 Å². The Balaban J connectivity index is 2.03. The molecule has 0 spiro atoms. The zero-order chi connectivity index (χ0) is 18.4. The van der Waals surface area contributed by atoms with Gasteiger partial charge in [-0.25, -0.2) is 0 Å². The predicted molar refractivity (Wildman–Crippen MR) is 93.7 cm³/mol. The third-order valence-corrected chi connectivity index (χ3v) is 4.80. The lowest BCUT2D eigenvalue weighted by molar-refractivity contribution is -0.130. The molecule has 1 fully saturated rings. The van der Waals surface area contributed by atoms with E-state index in [2.05, 4.69) is 5.16 Å². The first-order valence-corrected chi connectivity index (χ1v) is 8.42. The van der Waals surface area contributed by atoms with Crippen LogP contribution in [0.3, 0.4) is 0 Å². The van der Waals surface area contributed by atoms with Gasteiger partial charge in [-0.1, -0.05) is 5.16 Å². The first-order chi connectivity index (χ1) is 12.0. The van der Waals surface area contributed by atoms with Gasteiger partial charge in [-0.15, -0.1) is 0 Å². The van der Waals surface area contributed by atoms with Crippen LogP contribution in [0.5, 0.6) is 17.2 Å². The molecule has 0 aliphatic carbocycles. The van der Waals surface area contributed by atoms with Gasteiger partial charge in [0, 0.05) is 25.6 Å². The minimum absolute atomic E-state index is 0.0963. The number of likely N-dealkylation sites (tertiary alicyclic amines) is 1. The second-order valence-electron chi connectivity index (χ2n) is 6.23. The number of aromatic hydroxyl groups is 1. The minimum Gasteiger partial charge on any atom is -0.504 e. The van der Waals surface area contributed by atoms with Crippen LogP contribution in [0.4, 0.5) is 0 Å². The fourth-order valence-electron chi connectivity index (χ4n) is 3.26. The zero-order valence-electron chi connectivity index (χ0n) is 15.0. The van der Waals surface area contributed by atoms with Gasteiger partial charge in [0.15, 0.2) is 11.5 Å². The highest BCUT2D eigenvalue weighted by molar-refractivity contribution is 6.03. The molecule has 1 saturated heterocycles. The van der Waals surface area contributed by atoms with Crippen LogP contribution >= 0.6 is 0 Å². The summed E-state index contributed by atoms with van der Waals surface area (Å²) in [5.74, 6) is 1.12. The third-order valence-electron chi connectivity index (χ3n) is 4.80. The van der Waals surface area contributed by atoms with Crippen LogP contribution in [-0.4, -0.2) is 54.1 Å². The molecule has 0 saturated carbocycles. The van der Waals surface area contributed by atoms with Crippen LogP contribution in [0, 0.1) is 5.92 Å². The Labute approximate surface area is 147 Å². The molecule has 138 valence electrons. The highest BCUT2D eigenvalue weighted by Crippen LogP contribution is 2.39. The van der Waals surface area contributed by atoms with Crippen LogP contribution < -0.4 is 9.47 Å². The third kappa shape index (κ3) is 4.35. The molecule has 0 atom stereocenters. The van der Waals surface area contributed by atoms with Gasteiger partial charge in [0.05, 0.1) is 19.9 Å². The van der Waals surface area contributed by atoms with Crippen molar-refractivity contribution in [2.45, 2.75) is 32.6 Å². The molecule has 2 N–H and O–H groups in total. The number of hydrogen-bond donors (Lipinski definition) is 2. The van der Waals surface area contributed by atoms with E-state index in [0.29, 0.717) is 29.4 Å². The maximum absolute atomic E-state index is 11.4. The fraction of sp³-hybridized carbons (Fsp3) is 0.556. The molecular formula is C18H26N2O5. The Kier molecular flexibility index (Phi) is 6.50. The van der Waals surface area contributed by atoms with E-state index >= 15 is 0 Å². The molecule has 7 nitrogen and oxygen atoms in total. The number of piperidine rings is 1. The molecular weight excluding hydrogens is 324 g/mol. The molecule has 1 aromatic carbocycles. The van der Waals surface area contributed by atoms with Crippen molar-refractivity contribution in [3.8, 4) is 17.2 Å². The quantitative estimate of drug-likeness (QED) is 0.467. The van der Waals surface area contributed by atoms with Gasteiger partial charge < -0.3 is 24.7 Å². The van der Waals surface area contributed by atoms with E-state index in [4.69, 9.17) is 9.47 Å². The number of oxime groups is 1. The summed E-state index contributed by atoms with van der Waals surface area (Å²) in [4.78, 5) is 13.2. The van der Waals surface area contributed by atoms with E-state index in [1.54, 1.807) is 19.1 Å². The molecule has 1 heterocycles. The second kappa shape index (κ2) is 8.60. The molecule has 1 amide bonds. The monoisotopic (exact) mass is 350 g/mol. The van der Waals surface area contributed by atoms with Crippen molar-refractivity contribution in [1.29, 1.82) is 0 Å². The van der Waals surface area contributed by atoms with Gasteiger partial charge in [-0.05, 0) is 43.7 Å². The minimum atomic E-state index is -0.0963. The molecule has 0 unspecified atom stereocenters. The molecule has 1 aliphatic heterocycles. The van der Waals surface area contributed by atoms with Crippen LogP contribution in [-0.2, 0) is 4.79 Å². The number of rotatable bonds is 6. The molecule has 7 heteroatoms. The smallest absolute Gasteiger partial charge is 0.219 e. The zero-order valence-corrected chi connectivity index (χ0v) is 15.0. The average Bonchev–Trinajstić information content (AvgIpc) is 2.63. The summed E-state index contributed by atoms with van der Waals surface area (Å²) in [5, 5.41) is 23.2. The number of ether oxygens (including phenoxy) is 2. The van der Waals surface area contributed by atoms with Gasteiger partial charge in [0.2, 0.25) is 11.7 Å². The Bertz CT molecular complexity index is 637. The topological polar surface area (TPSA) is 91.6 Å². The molecule has 0 aromatic heterocycles. The summed E-state index contributed by atoms with van der Waals surface area (Å²) in [5.41, 5.74) is 0.841. The van der Waals surface area contributed by atoms with E-state index in [9.17, 15) is 15.1 Å². The van der Waals surface area contributed by atoms with Crippen LogP contribution in [0.15, 0.2) is 17.3 Å². The Morgan fingerprint density at radius 2 is 1.96 bits per heavy atom. The molecule has 0 bridgehead atoms. The van der Waals surface area contributed by atoms with E-state index in [1.165, 1.54) is 14.2 Å². The van der Waals surface area contributed by atoms with Crippen molar-refractivity contribution in [3.05, 3.63) is 17.7 Å². The Morgan fingerprint density at radius 3 is 2.48 bits per heavy atom. The van der Waals surface area contributed by atoms with Gasteiger partial charge >= 0.3 is 0 Å². The molecule has 1 aromatic rings. The van der Waals surface area contributed by atoms with Crippen molar-refractivity contribution < 1.29 is 24.6 Å². The highest BCUT2D eigenvalue weighted by atomic mass is 16.5. The van der Waals surface area contributed by atoms with Crippen LogP contribution in [0.25, 0.3) is 0 Å². The molecule has 1 aliphatic rings. The van der Waals surface area contributed by atoms with E-state index in [0.717, 1.165) is 32.4 Å². The lowest BCUT2D eigenvalue weighted by Crippen LogP contribution is -2.37. The standard InChI is InChI=1S/C18H26N2O5/c1-12(21)20-10-8-13(9-11-20)4-6-15(19-23)14-5-7-16(24-2)18(25-3)17(14)22/h5,7,13,22-23H,4,6,8-11H2,1-3H3. The number of carbonyl (C=O) groups is 1. The van der Waals surface area contributed by atoms with E-state index < -0.39 is 0 Å². The van der Waals surface area contributed by atoms with Gasteiger partial charge in [-0.2, -0.15) is 0 Å². The number of phenolic OH excluding ortho intramolecular Hbond substituents is 1. The SMILES string of the molecule is COc1ccc(C(CCC2CCN(C(C)=O)CC2)=NO)c(O)c1OC. The lowest BCUT2D eigenvalue weighted by atomic mass is 9.90. The fourth-order valence-corrected chi connectivity index (χ4v) is 3.26. The molecule has 2 rings (SSSR count). The largest absolute Gasteiger partial charge is 0.504 e. The summed E-state index contributed by atoms with van der Waals surface area (Å²) in [6.07, 6.45) is 3.25. The van der Waals surface area contributed by atoms with Crippen molar-refractivity contribution in [3.63, 3.8) is 0 Å². The number of amides is 1. The summed E-state index contributed by atoms with van der Waals surface area (Å²) in [6, 6.07) is 3.33. The van der Waals surface area contributed by atoms with Crippen LogP contribution in [0.1, 0.15) is 38.2 Å². The number of nitrogens with zero attached hydrogens (tertiary/aromatic N) is 2. The Morgan fingerprint density at radius 1 is 1.28 bits per heavy atom. The molecule has 0 radical (unpaired) electrons. The van der Waals surface area contributed by atoms with Gasteiger partial charge in [0.1, 0.15) is 0 Å². The number of carbonyl (C=O) groups excluding carboxylic acids is 1. The summed E-state index contributed by atoms with van der Waals surface area (Å²) in [6.45, 7) is 3.14. The van der Waals surface area contributed by atoms with Crippen LogP contribution in [0.2, 0.25) is 0 Å². The summed E-state index contributed by atoms with van der Waals surface area (Å²) >= 11 is 0. The lowest BCUT2D eigenvalue weighted by Gasteiger charge is -2.31. The molecule has 25 heavy (non-hydrogen) atoms.